The third kappa shape index (κ3) is 3.39. The van der Waals surface area contributed by atoms with Gasteiger partial charge in [-0.3, -0.25) is 4.79 Å². The van der Waals surface area contributed by atoms with Crippen LogP contribution in [0, 0.1) is 6.92 Å². The summed E-state index contributed by atoms with van der Waals surface area (Å²) in [5.74, 6) is -0.0145. The molecule has 0 fully saturated rings. The summed E-state index contributed by atoms with van der Waals surface area (Å²) in [5, 5.41) is 0. The number of anilines is 1. The topological polar surface area (TPSA) is 46.3 Å². The van der Waals surface area contributed by atoms with Crippen LogP contribution in [0.2, 0.25) is 0 Å². The first-order valence-corrected chi connectivity index (χ1v) is 7.12. The zero-order valence-electron chi connectivity index (χ0n) is 11.6. The first-order chi connectivity index (χ1) is 9.47. The first-order valence-electron chi connectivity index (χ1n) is 6.33. The molecule has 0 aliphatic heterocycles. The molecule has 0 bridgehead atoms. The summed E-state index contributed by atoms with van der Waals surface area (Å²) < 4.78 is 0.821. The summed E-state index contributed by atoms with van der Waals surface area (Å²) in [6.45, 7) is 2.53. The van der Waals surface area contributed by atoms with Gasteiger partial charge in [-0.2, -0.15) is 0 Å². The van der Waals surface area contributed by atoms with E-state index in [0.717, 1.165) is 15.6 Å². The van der Waals surface area contributed by atoms with Crippen LogP contribution in [0.4, 0.5) is 5.69 Å². The number of nitrogen functional groups attached to an aromatic ring is 1. The number of nitrogens with two attached hydrogens (primary N) is 1. The predicted octanol–water partition coefficient (Wildman–Crippen LogP) is 3.61. The number of hydrogen-bond donors (Lipinski definition) is 1. The van der Waals surface area contributed by atoms with Crippen molar-refractivity contribution in [1.29, 1.82) is 0 Å². The molecule has 1 amide bonds. The highest BCUT2D eigenvalue weighted by atomic mass is 79.9. The SMILES string of the molecule is Cc1ccc(C(=O)N(C)Cc2cccc(N)c2)c(Br)c1. The van der Waals surface area contributed by atoms with E-state index in [9.17, 15) is 4.79 Å². The summed E-state index contributed by atoms with van der Waals surface area (Å²) in [7, 11) is 1.79. The van der Waals surface area contributed by atoms with Gasteiger partial charge in [-0.05, 0) is 58.2 Å². The number of carbonyl (C=O) groups is 1. The van der Waals surface area contributed by atoms with E-state index in [1.54, 1.807) is 11.9 Å². The van der Waals surface area contributed by atoms with Gasteiger partial charge < -0.3 is 10.6 Å². The summed E-state index contributed by atoms with van der Waals surface area (Å²) in [5.41, 5.74) is 9.26. The summed E-state index contributed by atoms with van der Waals surface area (Å²) in [6.07, 6.45) is 0. The van der Waals surface area contributed by atoms with Crippen molar-refractivity contribution in [3.05, 3.63) is 63.6 Å². The molecule has 4 heteroatoms. The maximum absolute atomic E-state index is 12.4. The first kappa shape index (κ1) is 14.6. The minimum Gasteiger partial charge on any atom is -0.399 e. The van der Waals surface area contributed by atoms with Crippen molar-refractivity contribution in [2.45, 2.75) is 13.5 Å². The lowest BCUT2D eigenvalue weighted by Gasteiger charge is -2.18. The van der Waals surface area contributed by atoms with Crippen molar-refractivity contribution < 1.29 is 4.79 Å². The Morgan fingerprint density at radius 3 is 2.65 bits per heavy atom. The van der Waals surface area contributed by atoms with Gasteiger partial charge in [-0.1, -0.05) is 18.2 Å². The van der Waals surface area contributed by atoms with Gasteiger partial charge >= 0.3 is 0 Å². The molecule has 0 spiro atoms. The minimum atomic E-state index is -0.0145. The van der Waals surface area contributed by atoms with Gasteiger partial charge in [0.2, 0.25) is 0 Å². The number of benzene rings is 2. The van der Waals surface area contributed by atoms with Crippen molar-refractivity contribution in [3.63, 3.8) is 0 Å². The average Bonchev–Trinajstić information content (AvgIpc) is 2.38. The molecule has 0 heterocycles. The molecule has 0 aliphatic rings. The molecule has 0 aliphatic carbocycles. The summed E-state index contributed by atoms with van der Waals surface area (Å²) >= 11 is 3.45. The number of halogens is 1. The Morgan fingerprint density at radius 2 is 2.00 bits per heavy atom. The molecular formula is C16H17BrN2O. The molecule has 0 saturated carbocycles. The third-order valence-electron chi connectivity index (χ3n) is 3.07. The van der Waals surface area contributed by atoms with E-state index >= 15 is 0 Å². The van der Waals surface area contributed by atoms with Gasteiger partial charge in [-0.25, -0.2) is 0 Å². The molecule has 2 aromatic rings. The lowest BCUT2D eigenvalue weighted by Crippen LogP contribution is -2.26. The average molecular weight is 333 g/mol. The van der Waals surface area contributed by atoms with Crippen LogP contribution < -0.4 is 5.73 Å². The van der Waals surface area contributed by atoms with E-state index in [2.05, 4.69) is 15.9 Å². The lowest BCUT2D eigenvalue weighted by molar-refractivity contribution is 0.0784. The van der Waals surface area contributed by atoms with Crippen molar-refractivity contribution in [2.24, 2.45) is 0 Å². The highest BCUT2D eigenvalue weighted by molar-refractivity contribution is 9.10. The monoisotopic (exact) mass is 332 g/mol. The van der Waals surface area contributed by atoms with Gasteiger partial charge in [-0.15, -0.1) is 0 Å². The van der Waals surface area contributed by atoms with Gasteiger partial charge in [0.25, 0.3) is 5.91 Å². The maximum Gasteiger partial charge on any atom is 0.255 e. The number of rotatable bonds is 3. The minimum absolute atomic E-state index is 0.0145. The summed E-state index contributed by atoms with van der Waals surface area (Å²) in [6, 6.07) is 13.3. The Balaban J connectivity index is 2.16. The van der Waals surface area contributed by atoms with Crippen LogP contribution >= 0.6 is 15.9 Å². The molecule has 0 atom stereocenters. The zero-order valence-corrected chi connectivity index (χ0v) is 13.1. The second-order valence-corrected chi connectivity index (χ2v) is 5.74. The zero-order chi connectivity index (χ0) is 14.7. The smallest absolute Gasteiger partial charge is 0.255 e. The van der Waals surface area contributed by atoms with Gasteiger partial charge in [0.1, 0.15) is 0 Å². The molecule has 0 radical (unpaired) electrons. The normalized spacial score (nSPS) is 10.3. The highest BCUT2D eigenvalue weighted by Gasteiger charge is 2.15. The fourth-order valence-corrected chi connectivity index (χ4v) is 2.70. The Hall–Kier alpha value is -1.81. The molecule has 2 N–H and O–H groups in total. The number of aryl methyl sites for hydroxylation is 1. The fourth-order valence-electron chi connectivity index (χ4n) is 2.04. The number of carbonyl (C=O) groups excluding carboxylic acids is 1. The molecule has 0 aromatic heterocycles. The Morgan fingerprint density at radius 1 is 1.25 bits per heavy atom. The van der Waals surface area contributed by atoms with Crippen LogP contribution in [0.15, 0.2) is 46.9 Å². The predicted molar refractivity (Wildman–Crippen MR) is 85.5 cm³/mol. The van der Waals surface area contributed by atoms with Gasteiger partial charge in [0.05, 0.1) is 5.56 Å². The van der Waals surface area contributed by atoms with E-state index < -0.39 is 0 Å². The second kappa shape index (κ2) is 6.09. The van der Waals surface area contributed by atoms with E-state index in [1.807, 2.05) is 49.4 Å². The van der Waals surface area contributed by atoms with Gasteiger partial charge in [0, 0.05) is 23.8 Å². The molecule has 0 unspecified atom stereocenters. The molecule has 104 valence electrons. The second-order valence-electron chi connectivity index (χ2n) is 4.89. The molecule has 2 aromatic carbocycles. The Kier molecular flexibility index (Phi) is 4.45. The van der Waals surface area contributed by atoms with E-state index in [1.165, 1.54) is 0 Å². The fraction of sp³-hybridized carbons (Fsp3) is 0.188. The molecule has 3 nitrogen and oxygen atoms in total. The van der Waals surface area contributed by atoms with Crippen LogP contribution in [-0.2, 0) is 6.54 Å². The Bertz CT molecular complexity index is 640. The quantitative estimate of drug-likeness (QED) is 0.872. The maximum atomic E-state index is 12.4. The number of hydrogen-bond acceptors (Lipinski definition) is 2. The Labute approximate surface area is 127 Å². The highest BCUT2D eigenvalue weighted by Crippen LogP contribution is 2.20. The molecule has 20 heavy (non-hydrogen) atoms. The van der Waals surface area contributed by atoms with Crippen LogP contribution in [0.3, 0.4) is 0 Å². The van der Waals surface area contributed by atoms with E-state index in [0.29, 0.717) is 17.8 Å². The van der Waals surface area contributed by atoms with Crippen LogP contribution in [-0.4, -0.2) is 17.9 Å². The number of nitrogens with zero attached hydrogens (tertiary/aromatic N) is 1. The molecule has 0 saturated heterocycles. The van der Waals surface area contributed by atoms with Gasteiger partial charge in [0.15, 0.2) is 0 Å². The van der Waals surface area contributed by atoms with Crippen molar-refractivity contribution in [2.75, 3.05) is 12.8 Å². The molecular weight excluding hydrogens is 316 g/mol. The van der Waals surface area contributed by atoms with Crippen LogP contribution in [0.1, 0.15) is 21.5 Å². The van der Waals surface area contributed by atoms with Crippen LogP contribution in [0.5, 0.6) is 0 Å². The largest absolute Gasteiger partial charge is 0.399 e. The summed E-state index contributed by atoms with van der Waals surface area (Å²) in [4.78, 5) is 14.1. The van der Waals surface area contributed by atoms with Crippen LogP contribution in [0.25, 0.3) is 0 Å². The lowest BCUT2D eigenvalue weighted by atomic mass is 10.1. The number of amides is 1. The third-order valence-corrected chi connectivity index (χ3v) is 3.73. The van der Waals surface area contributed by atoms with E-state index in [-0.39, 0.29) is 5.91 Å². The van der Waals surface area contributed by atoms with Crippen molar-refractivity contribution >= 4 is 27.5 Å². The van der Waals surface area contributed by atoms with E-state index in [4.69, 9.17) is 5.73 Å². The van der Waals surface area contributed by atoms with Crippen molar-refractivity contribution in [3.8, 4) is 0 Å². The standard InChI is InChI=1S/C16H17BrN2O/c1-11-6-7-14(15(17)8-11)16(20)19(2)10-12-4-3-5-13(18)9-12/h3-9H,10,18H2,1-2H3. The van der Waals surface area contributed by atoms with Crippen molar-refractivity contribution in [1.82, 2.24) is 4.90 Å². The molecule has 2 rings (SSSR count).